The Morgan fingerprint density at radius 2 is 1.70 bits per heavy atom. The Bertz CT molecular complexity index is 486. The van der Waals surface area contributed by atoms with Crippen molar-refractivity contribution in [3.63, 3.8) is 0 Å². The second-order valence-corrected chi connectivity index (χ2v) is 5.09. The van der Waals surface area contributed by atoms with Crippen molar-refractivity contribution in [1.82, 2.24) is 0 Å². The molecule has 2 rings (SSSR count). The highest BCUT2D eigenvalue weighted by Crippen LogP contribution is 2.31. The van der Waals surface area contributed by atoms with Gasteiger partial charge in [0, 0.05) is 17.3 Å². The van der Waals surface area contributed by atoms with E-state index >= 15 is 0 Å². The van der Waals surface area contributed by atoms with Gasteiger partial charge in [-0.1, -0.05) is 6.42 Å². The standard InChI is InChI=1S/C14H20N4O2/c15-8-9-2-1-3-12(9)13(19)17-10-4-6-11(7-5-10)18-14(16)20/h4-7,9,12H,1-3,8,15H2,(H,17,19)(H3,16,18,20)/t9-,12-/m1/s1. The van der Waals surface area contributed by atoms with Crippen LogP contribution >= 0.6 is 0 Å². The summed E-state index contributed by atoms with van der Waals surface area (Å²) in [5, 5.41) is 5.36. The van der Waals surface area contributed by atoms with Crippen LogP contribution in [0, 0.1) is 11.8 Å². The fraction of sp³-hybridized carbons (Fsp3) is 0.429. The zero-order valence-corrected chi connectivity index (χ0v) is 11.3. The molecule has 1 aromatic carbocycles. The zero-order valence-electron chi connectivity index (χ0n) is 11.3. The topological polar surface area (TPSA) is 110 Å². The van der Waals surface area contributed by atoms with Crippen molar-refractivity contribution in [1.29, 1.82) is 0 Å². The van der Waals surface area contributed by atoms with Crippen LogP contribution in [0.2, 0.25) is 0 Å². The van der Waals surface area contributed by atoms with Crippen LogP contribution < -0.4 is 22.1 Å². The van der Waals surface area contributed by atoms with Crippen molar-refractivity contribution in [2.24, 2.45) is 23.3 Å². The van der Waals surface area contributed by atoms with E-state index in [-0.39, 0.29) is 17.7 Å². The molecule has 0 radical (unpaired) electrons. The van der Waals surface area contributed by atoms with Crippen LogP contribution in [0.25, 0.3) is 0 Å². The third-order valence-corrected chi connectivity index (χ3v) is 3.72. The number of hydrogen-bond acceptors (Lipinski definition) is 3. The summed E-state index contributed by atoms with van der Waals surface area (Å²) in [4.78, 5) is 22.9. The Labute approximate surface area is 117 Å². The molecule has 1 aliphatic carbocycles. The predicted octanol–water partition coefficient (Wildman–Crippen LogP) is 1.49. The maximum atomic E-state index is 12.2. The lowest BCUT2D eigenvalue weighted by Crippen LogP contribution is -2.29. The van der Waals surface area contributed by atoms with E-state index in [2.05, 4.69) is 10.6 Å². The highest BCUT2D eigenvalue weighted by atomic mass is 16.2. The molecule has 0 heterocycles. The van der Waals surface area contributed by atoms with E-state index in [0.717, 1.165) is 19.3 Å². The first-order valence-corrected chi connectivity index (χ1v) is 6.77. The number of nitrogens with two attached hydrogens (primary N) is 2. The van der Waals surface area contributed by atoms with Crippen LogP contribution in [0.15, 0.2) is 24.3 Å². The maximum absolute atomic E-state index is 12.2. The molecular weight excluding hydrogens is 256 g/mol. The summed E-state index contributed by atoms with van der Waals surface area (Å²) >= 11 is 0. The summed E-state index contributed by atoms with van der Waals surface area (Å²) in [6.45, 7) is 0.555. The van der Waals surface area contributed by atoms with Gasteiger partial charge in [-0.3, -0.25) is 4.79 Å². The summed E-state index contributed by atoms with van der Waals surface area (Å²) in [5.41, 5.74) is 12.0. The van der Waals surface area contributed by atoms with Crippen LogP contribution in [0.1, 0.15) is 19.3 Å². The van der Waals surface area contributed by atoms with Crippen LogP contribution in [0.3, 0.4) is 0 Å². The molecule has 1 aliphatic rings. The third-order valence-electron chi connectivity index (χ3n) is 3.72. The van der Waals surface area contributed by atoms with Gasteiger partial charge in [-0.2, -0.15) is 0 Å². The number of rotatable bonds is 4. The molecule has 108 valence electrons. The minimum atomic E-state index is -0.612. The van der Waals surface area contributed by atoms with Crippen molar-refractivity contribution in [3.05, 3.63) is 24.3 Å². The Kier molecular flexibility index (Phi) is 4.57. The molecule has 0 spiro atoms. The van der Waals surface area contributed by atoms with Gasteiger partial charge in [0.05, 0.1) is 0 Å². The molecule has 6 heteroatoms. The van der Waals surface area contributed by atoms with E-state index in [1.165, 1.54) is 0 Å². The van der Waals surface area contributed by atoms with E-state index in [0.29, 0.717) is 17.9 Å². The first-order chi connectivity index (χ1) is 9.60. The number of anilines is 2. The fourth-order valence-corrected chi connectivity index (χ4v) is 2.68. The second-order valence-electron chi connectivity index (χ2n) is 5.09. The highest BCUT2D eigenvalue weighted by molar-refractivity contribution is 5.93. The number of amides is 3. The average Bonchev–Trinajstić information content (AvgIpc) is 2.89. The molecule has 0 aliphatic heterocycles. The lowest BCUT2D eigenvalue weighted by molar-refractivity contribution is -0.120. The molecule has 6 nitrogen and oxygen atoms in total. The SMILES string of the molecule is NC[C@H]1CCC[C@H]1C(=O)Nc1ccc(NC(N)=O)cc1. The van der Waals surface area contributed by atoms with Gasteiger partial charge in [0.2, 0.25) is 5.91 Å². The second kappa shape index (κ2) is 6.38. The molecule has 2 atom stereocenters. The van der Waals surface area contributed by atoms with Crippen molar-refractivity contribution in [2.45, 2.75) is 19.3 Å². The van der Waals surface area contributed by atoms with Gasteiger partial charge in [0.15, 0.2) is 0 Å². The number of carbonyl (C=O) groups is 2. The highest BCUT2D eigenvalue weighted by Gasteiger charge is 2.31. The average molecular weight is 276 g/mol. The normalized spacial score (nSPS) is 21.4. The molecule has 6 N–H and O–H groups in total. The van der Waals surface area contributed by atoms with Crippen molar-refractivity contribution >= 4 is 23.3 Å². The molecular formula is C14H20N4O2. The molecule has 1 aromatic rings. The van der Waals surface area contributed by atoms with Crippen LogP contribution in [0.4, 0.5) is 16.2 Å². The van der Waals surface area contributed by atoms with E-state index in [1.807, 2.05) is 0 Å². The lowest BCUT2D eigenvalue weighted by atomic mass is 9.95. The van der Waals surface area contributed by atoms with Gasteiger partial charge in [0.1, 0.15) is 0 Å². The van der Waals surface area contributed by atoms with Gasteiger partial charge in [0.25, 0.3) is 0 Å². The summed E-state index contributed by atoms with van der Waals surface area (Å²) in [5.74, 6) is 0.308. The number of benzene rings is 1. The largest absolute Gasteiger partial charge is 0.351 e. The number of urea groups is 1. The van der Waals surface area contributed by atoms with Gasteiger partial charge in [-0.05, 0) is 49.6 Å². The van der Waals surface area contributed by atoms with Gasteiger partial charge in [-0.25, -0.2) is 4.79 Å². The number of hydrogen-bond donors (Lipinski definition) is 4. The van der Waals surface area contributed by atoms with Gasteiger partial charge >= 0.3 is 6.03 Å². The monoisotopic (exact) mass is 276 g/mol. The zero-order chi connectivity index (χ0) is 14.5. The Hall–Kier alpha value is -2.08. The van der Waals surface area contributed by atoms with Crippen LogP contribution in [-0.2, 0) is 4.79 Å². The Morgan fingerprint density at radius 1 is 1.10 bits per heavy atom. The predicted molar refractivity (Wildman–Crippen MR) is 78.2 cm³/mol. The molecule has 1 saturated carbocycles. The molecule has 0 bridgehead atoms. The molecule has 0 unspecified atom stereocenters. The smallest absolute Gasteiger partial charge is 0.316 e. The third kappa shape index (κ3) is 3.48. The van der Waals surface area contributed by atoms with Crippen molar-refractivity contribution in [3.8, 4) is 0 Å². The van der Waals surface area contributed by atoms with Crippen molar-refractivity contribution < 1.29 is 9.59 Å². The van der Waals surface area contributed by atoms with E-state index in [9.17, 15) is 9.59 Å². The summed E-state index contributed by atoms with van der Waals surface area (Å²) in [7, 11) is 0. The number of primary amides is 1. The van der Waals surface area contributed by atoms with Crippen molar-refractivity contribution in [2.75, 3.05) is 17.2 Å². The van der Waals surface area contributed by atoms with Crippen LogP contribution in [0.5, 0.6) is 0 Å². The van der Waals surface area contributed by atoms with Gasteiger partial charge in [-0.15, -0.1) is 0 Å². The van der Waals surface area contributed by atoms with Gasteiger partial charge < -0.3 is 22.1 Å². The Morgan fingerprint density at radius 3 is 2.25 bits per heavy atom. The first-order valence-electron chi connectivity index (χ1n) is 6.77. The molecule has 3 amide bonds. The first kappa shape index (κ1) is 14.3. The van der Waals surface area contributed by atoms with E-state index in [1.54, 1.807) is 24.3 Å². The maximum Gasteiger partial charge on any atom is 0.316 e. The molecule has 20 heavy (non-hydrogen) atoms. The summed E-state index contributed by atoms with van der Waals surface area (Å²) in [6, 6.07) is 6.23. The van der Waals surface area contributed by atoms with Crippen LogP contribution in [-0.4, -0.2) is 18.5 Å². The van der Waals surface area contributed by atoms with E-state index in [4.69, 9.17) is 11.5 Å². The molecule has 1 fully saturated rings. The van der Waals surface area contributed by atoms with E-state index < -0.39 is 6.03 Å². The summed E-state index contributed by atoms with van der Waals surface area (Å²) in [6.07, 6.45) is 2.98. The Balaban J connectivity index is 1.95. The molecule has 0 saturated heterocycles. The number of carbonyl (C=O) groups excluding carboxylic acids is 2. The number of nitrogens with one attached hydrogen (secondary N) is 2. The minimum absolute atomic E-state index is 0.00317. The fourth-order valence-electron chi connectivity index (χ4n) is 2.68. The quantitative estimate of drug-likeness (QED) is 0.668. The minimum Gasteiger partial charge on any atom is -0.351 e. The lowest BCUT2D eigenvalue weighted by Gasteiger charge is -2.17. The molecule has 0 aromatic heterocycles. The summed E-state index contributed by atoms with van der Waals surface area (Å²) < 4.78 is 0.